The van der Waals surface area contributed by atoms with Crippen LogP contribution in [-0.4, -0.2) is 25.0 Å². The smallest absolute Gasteiger partial charge is 0.223 e. The third-order valence-electron chi connectivity index (χ3n) is 4.11. The van der Waals surface area contributed by atoms with Crippen LogP contribution < -0.4 is 10.6 Å². The average molecular weight is 238 g/mol. The van der Waals surface area contributed by atoms with Crippen molar-refractivity contribution < 1.29 is 4.79 Å². The number of hydrogen-bond donors (Lipinski definition) is 2. The van der Waals surface area contributed by atoms with Crippen LogP contribution in [0, 0.1) is 17.3 Å². The molecule has 2 fully saturated rings. The summed E-state index contributed by atoms with van der Waals surface area (Å²) in [7, 11) is 0. The van der Waals surface area contributed by atoms with Crippen LogP contribution in [0.4, 0.5) is 0 Å². The van der Waals surface area contributed by atoms with Crippen LogP contribution in [0.3, 0.4) is 0 Å². The summed E-state index contributed by atoms with van der Waals surface area (Å²) in [6, 6.07) is 0.628. The molecular weight excluding hydrogens is 212 g/mol. The molecule has 0 spiro atoms. The van der Waals surface area contributed by atoms with Gasteiger partial charge >= 0.3 is 0 Å². The van der Waals surface area contributed by atoms with E-state index in [-0.39, 0.29) is 5.91 Å². The minimum Gasteiger partial charge on any atom is -0.355 e. The monoisotopic (exact) mass is 238 g/mol. The first-order valence-electron chi connectivity index (χ1n) is 6.99. The highest BCUT2D eigenvalue weighted by atomic mass is 16.2. The second-order valence-corrected chi connectivity index (χ2v) is 6.68. The summed E-state index contributed by atoms with van der Waals surface area (Å²) in [5.74, 6) is 1.34. The highest BCUT2D eigenvalue weighted by Crippen LogP contribution is 2.40. The largest absolute Gasteiger partial charge is 0.355 e. The molecule has 0 aliphatic heterocycles. The van der Waals surface area contributed by atoms with Crippen molar-refractivity contribution in [1.29, 1.82) is 0 Å². The Balaban J connectivity index is 1.60. The molecule has 2 rings (SSSR count). The molecule has 2 saturated carbocycles. The van der Waals surface area contributed by atoms with Crippen LogP contribution in [0.1, 0.15) is 46.5 Å². The Labute approximate surface area is 105 Å². The second kappa shape index (κ2) is 4.97. The maximum absolute atomic E-state index is 11.4. The van der Waals surface area contributed by atoms with Gasteiger partial charge in [0.1, 0.15) is 0 Å². The van der Waals surface area contributed by atoms with Crippen molar-refractivity contribution in [3.8, 4) is 0 Å². The molecule has 17 heavy (non-hydrogen) atoms. The van der Waals surface area contributed by atoms with Crippen LogP contribution in [-0.2, 0) is 4.79 Å². The highest BCUT2D eigenvalue weighted by molar-refractivity contribution is 5.80. The van der Waals surface area contributed by atoms with E-state index in [1.807, 2.05) is 0 Å². The number of rotatable bonds is 5. The molecule has 0 aromatic rings. The molecule has 3 heteroatoms. The lowest BCUT2D eigenvalue weighted by molar-refractivity contribution is -0.122. The molecule has 2 aliphatic carbocycles. The molecule has 0 aromatic heterocycles. The average Bonchev–Trinajstić information content (AvgIpc) is 3.01. The molecule has 0 heterocycles. The molecule has 0 bridgehead atoms. The Morgan fingerprint density at radius 2 is 1.94 bits per heavy atom. The van der Waals surface area contributed by atoms with E-state index >= 15 is 0 Å². The van der Waals surface area contributed by atoms with E-state index < -0.39 is 0 Å². The van der Waals surface area contributed by atoms with E-state index in [4.69, 9.17) is 0 Å². The summed E-state index contributed by atoms with van der Waals surface area (Å²) in [5, 5.41) is 6.59. The van der Waals surface area contributed by atoms with Crippen LogP contribution in [0.15, 0.2) is 0 Å². The maximum atomic E-state index is 11.4. The van der Waals surface area contributed by atoms with Crippen molar-refractivity contribution in [3.63, 3.8) is 0 Å². The number of amides is 1. The Morgan fingerprint density at radius 3 is 2.47 bits per heavy atom. The third kappa shape index (κ3) is 3.70. The first kappa shape index (κ1) is 12.9. The van der Waals surface area contributed by atoms with Crippen molar-refractivity contribution >= 4 is 5.91 Å². The number of hydrogen-bond acceptors (Lipinski definition) is 2. The zero-order valence-electron chi connectivity index (χ0n) is 11.4. The lowest BCUT2D eigenvalue weighted by Gasteiger charge is -2.18. The lowest BCUT2D eigenvalue weighted by atomic mass is 9.91. The van der Waals surface area contributed by atoms with Crippen LogP contribution in [0.25, 0.3) is 0 Å². The predicted octanol–water partition coefficient (Wildman–Crippen LogP) is 1.93. The van der Waals surface area contributed by atoms with Gasteiger partial charge in [-0.05, 0) is 37.0 Å². The highest BCUT2D eigenvalue weighted by Gasteiger charge is 2.36. The number of nitrogens with one attached hydrogen (secondary N) is 2. The Hall–Kier alpha value is -0.570. The molecule has 0 aromatic carbocycles. The molecule has 2 N–H and O–H groups in total. The van der Waals surface area contributed by atoms with Gasteiger partial charge in [-0.15, -0.1) is 0 Å². The molecule has 0 saturated heterocycles. The molecule has 98 valence electrons. The predicted molar refractivity (Wildman–Crippen MR) is 69.7 cm³/mol. The summed E-state index contributed by atoms with van der Waals surface area (Å²) in [5.41, 5.74) is 0.480. The van der Waals surface area contributed by atoms with Gasteiger partial charge in [-0.2, -0.15) is 0 Å². The fraction of sp³-hybridized carbons (Fsp3) is 0.929. The normalized spacial score (nSPS) is 31.5. The zero-order chi connectivity index (χ0) is 12.5. The Bertz CT molecular complexity index is 284. The fourth-order valence-corrected chi connectivity index (χ4v) is 3.10. The van der Waals surface area contributed by atoms with Crippen LogP contribution >= 0.6 is 0 Å². The SMILES string of the molecule is CC1CC(C)(C)CC1NCCNC(=O)C1CC1. The molecule has 2 atom stereocenters. The van der Waals surface area contributed by atoms with E-state index in [0.29, 0.717) is 17.4 Å². The van der Waals surface area contributed by atoms with Gasteiger partial charge in [-0.1, -0.05) is 20.8 Å². The fourth-order valence-electron chi connectivity index (χ4n) is 3.10. The molecule has 1 amide bonds. The van der Waals surface area contributed by atoms with E-state index in [1.165, 1.54) is 12.8 Å². The topological polar surface area (TPSA) is 41.1 Å². The van der Waals surface area contributed by atoms with Crippen molar-refractivity contribution in [2.75, 3.05) is 13.1 Å². The van der Waals surface area contributed by atoms with Gasteiger partial charge in [-0.3, -0.25) is 4.79 Å². The van der Waals surface area contributed by atoms with Gasteiger partial charge in [0.2, 0.25) is 5.91 Å². The molecule has 2 aliphatic rings. The summed E-state index contributed by atoms with van der Waals surface area (Å²) in [4.78, 5) is 11.4. The summed E-state index contributed by atoms with van der Waals surface area (Å²) < 4.78 is 0. The van der Waals surface area contributed by atoms with E-state index in [0.717, 1.165) is 31.8 Å². The van der Waals surface area contributed by atoms with Crippen LogP contribution in [0.5, 0.6) is 0 Å². The van der Waals surface area contributed by atoms with Gasteiger partial charge in [0, 0.05) is 25.0 Å². The van der Waals surface area contributed by atoms with E-state index in [2.05, 4.69) is 31.4 Å². The van der Waals surface area contributed by atoms with Crippen molar-refractivity contribution in [2.45, 2.75) is 52.5 Å². The van der Waals surface area contributed by atoms with Crippen molar-refractivity contribution in [3.05, 3.63) is 0 Å². The summed E-state index contributed by atoms with van der Waals surface area (Å²) in [6.07, 6.45) is 4.74. The quantitative estimate of drug-likeness (QED) is 0.719. The molecular formula is C14H26N2O. The number of carbonyl (C=O) groups is 1. The molecule has 3 nitrogen and oxygen atoms in total. The van der Waals surface area contributed by atoms with Crippen LogP contribution in [0.2, 0.25) is 0 Å². The Kier molecular flexibility index (Phi) is 3.76. The van der Waals surface area contributed by atoms with Crippen molar-refractivity contribution in [2.24, 2.45) is 17.3 Å². The summed E-state index contributed by atoms with van der Waals surface area (Å²) in [6.45, 7) is 8.71. The third-order valence-corrected chi connectivity index (χ3v) is 4.11. The van der Waals surface area contributed by atoms with E-state index in [9.17, 15) is 4.79 Å². The molecule has 0 radical (unpaired) electrons. The molecule has 2 unspecified atom stereocenters. The minimum atomic E-state index is 0.256. The maximum Gasteiger partial charge on any atom is 0.223 e. The zero-order valence-corrected chi connectivity index (χ0v) is 11.4. The first-order chi connectivity index (χ1) is 7.98. The first-order valence-corrected chi connectivity index (χ1v) is 6.99. The van der Waals surface area contributed by atoms with Gasteiger partial charge in [0.05, 0.1) is 0 Å². The summed E-state index contributed by atoms with van der Waals surface area (Å²) >= 11 is 0. The standard InChI is InChI=1S/C14H26N2O/c1-10-8-14(2,3)9-12(10)15-6-7-16-13(17)11-4-5-11/h10-12,15H,4-9H2,1-3H3,(H,16,17). The van der Waals surface area contributed by atoms with E-state index in [1.54, 1.807) is 0 Å². The Morgan fingerprint density at radius 1 is 1.24 bits per heavy atom. The van der Waals surface area contributed by atoms with Gasteiger partial charge in [-0.25, -0.2) is 0 Å². The number of carbonyl (C=O) groups excluding carboxylic acids is 1. The second-order valence-electron chi connectivity index (χ2n) is 6.68. The minimum absolute atomic E-state index is 0.256. The van der Waals surface area contributed by atoms with Crippen molar-refractivity contribution in [1.82, 2.24) is 10.6 Å². The van der Waals surface area contributed by atoms with Gasteiger partial charge in [0.15, 0.2) is 0 Å². The lowest BCUT2D eigenvalue weighted by Crippen LogP contribution is -2.38. The van der Waals surface area contributed by atoms with Gasteiger partial charge in [0.25, 0.3) is 0 Å². The van der Waals surface area contributed by atoms with Gasteiger partial charge < -0.3 is 10.6 Å².